The van der Waals surface area contributed by atoms with Crippen LogP contribution in [0.15, 0.2) is 30.6 Å². The number of benzene rings is 1. The smallest absolute Gasteiger partial charge is 0.410 e. The van der Waals surface area contributed by atoms with Crippen molar-refractivity contribution in [3.8, 4) is 5.75 Å². The zero-order valence-electron chi connectivity index (χ0n) is 15.3. The van der Waals surface area contributed by atoms with Gasteiger partial charge in [-0.15, -0.1) is 0 Å². The molecule has 2 aromatic rings. The van der Waals surface area contributed by atoms with Crippen LogP contribution in [0.5, 0.6) is 5.75 Å². The average molecular weight is 415 g/mol. The van der Waals surface area contributed by atoms with Crippen LogP contribution in [0.2, 0.25) is 0 Å². The van der Waals surface area contributed by atoms with Gasteiger partial charge in [0.1, 0.15) is 17.9 Å². The predicted molar refractivity (Wildman–Crippen MR) is 90.4 cm³/mol. The summed E-state index contributed by atoms with van der Waals surface area (Å²) in [5.41, 5.74) is 0.621. The van der Waals surface area contributed by atoms with E-state index in [0.29, 0.717) is 23.3 Å². The van der Waals surface area contributed by atoms with Crippen LogP contribution in [0.25, 0.3) is 0 Å². The normalized spacial score (nSPS) is 16.3. The lowest BCUT2D eigenvalue weighted by Crippen LogP contribution is -2.43. The van der Waals surface area contributed by atoms with Crippen molar-refractivity contribution in [3.05, 3.63) is 47.8 Å². The standard InChI is InChI=1S/C18H17F4N3O4/c1-2-3-13-15-14(25(10-23-15)29-16(26)18(20,21)22)8-9-24(13)17(27)28-12-6-4-11(19)5-7-12/h4-7,10,13H,2-3,8-9H2,1H3. The SMILES string of the molecule is CCCC1c2ncn(OC(=O)C(F)(F)F)c2CCN1C(=O)Oc1ccc(F)cc1. The highest BCUT2D eigenvalue weighted by atomic mass is 19.4. The highest BCUT2D eigenvalue weighted by molar-refractivity contribution is 5.76. The van der Waals surface area contributed by atoms with Gasteiger partial charge in [-0.25, -0.2) is 19.0 Å². The maximum absolute atomic E-state index is 13.0. The van der Waals surface area contributed by atoms with Gasteiger partial charge in [0.2, 0.25) is 0 Å². The number of aromatic nitrogens is 2. The lowest BCUT2D eigenvalue weighted by molar-refractivity contribution is -0.200. The van der Waals surface area contributed by atoms with E-state index in [2.05, 4.69) is 9.82 Å². The molecule has 2 heterocycles. The van der Waals surface area contributed by atoms with Crippen LogP contribution in [-0.2, 0) is 11.2 Å². The molecule has 1 aromatic heterocycles. The molecule has 1 aliphatic heterocycles. The molecule has 3 rings (SSSR count). The quantitative estimate of drug-likeness (QED) is 0.716. The molecule has 0 aliphatic carbocycles. The minimum atomic E-state index is -5.14. The number of alkyl halides is 3. The molecule has 1 atom stereocenters. The fraction of sp³-hybridized carbons (Fsp3) is 0.389. The molecular weight excluding hydrogens is 398 g/mol. The minimum Gasteiger partial charge on any atom is -0.410 e. The number of nitrogens with zero attached hydrogens (tertiary/aromatic N) is 3. The van der Waals surface area contributed by atoms with E-state index in [9.17, 15) is 27.2 Å². The molecule has 0 radical (unpaired) electrons. The fourth-order valence-corrected chi connectivity index (χ4v) is 3.08. The van der Waals surface area contributed by atoms with E-state index < -0.39 is 30.1 Å². The average Bonchev–Trinajstić information content (AvgIpc) is 3.06. The van der Waals surface area contributed by atoms with Crippen molar-refractivity contribution in [1.29, 1.82) is 0 Å². The lowest BCUT2D eigenvalue weighted by Gasteiger charge is -2.34. The molecule has 0 fully saturated rings. The van der Waals surface area contributed by atoms with Gasteiger partial charge in [-0.2, -0.15) is 17.9 Å². The number of amides is 1. The third-order valence-corrected chi connectivity index (χ3v) is 4.37. The second-order valence-corrected chi connectivity index (χ2v) is 6.35. The fourth-order valence-electron chi connectivity index (χ4n) is 3.08. The summed E-state index contributed by atoms with van der Waals surface area (Å²) in [5.74, 6) is -2.68. The Bertz CT molecular complexity index is 896. The molecule has 1 aromatic carbocycles. The first kappa shape index (κ1) is 20.6. The van der Waals surface area contributed by atoms with Crippen LogP contribution in [0.4, 0.5) is 22.4 Å². The molecule has 0 saturated carbocycles. The van der Waals surface area contributed by atoms with E-state index in [1.54, 1.807) is 0 Å². The van der Waals surface area contributed by atoms with Gasteiger partial charge in [0, 0.05) is 13.0 Å². The summed E-state index contributed by atoms with van der Waals surface area (Å²) in [7, 11) is 0. The Hall–Kier alpha value is -3.11. The number of carbonyl (C=O) groups excluding carboxylic acids is 2. The first-order valence-electron chi connectivity index (χ1n) is 8.80. The molecule has 11 heteroatoms. The number of ether oxygens (including phenoxy) is 1. The number of rotatable bonds is 4. The summed E-state index contributed by atoms with van der Waals surface area (Å²) >= 11 is 0. The van der Waals surface area contributed by atoms with Gasteiger partial charge in [0.25, 0.3) is 0 Å². The molecule has 7 nitrogen and oxygen atoms in total. The van der Waals surface area contributed by atoms with Crippen LogP contribution in [0.3, 0.4) is 0 Å². The Balaban J connectivity index is 1.80. The minimum absolute atomic E-state index is 0.110. The summed E-state index contributed by atoms with van der Waals surface area (Å²) in [6, 6.07) is 4.35. The molecule has 0 bridgehead atoms. The van der Waals surface area contributed by atoms with Gasteiger partial charge in [0.15, 0.2) is 0 Å². The van der Waals surface area contributed by atoms with Crippen LogP contribution in [-0.4, -0.2) is 39.4 Å². The Morgan fingerprint density at radius 1 is 1.24 bits per heavy atom. The first-order chi connectivity index (χ1) is 13.7. The van der Waals surface area contributed by atoms with Gasteiger partial charge < -0.3 is 9.57 Å². The van der Waals surface area contributed by atoms with E-state index >= 15 is 0 Å². The molecular formula is C18H17F4N3O4. The molecule has 0 saturated heterocycles. The number of imidazole rings is 1. The maximum atomic E-state index is 13.0. The monoisotopic (exact) mass is 415 g/mol. The van der Waals surface area contributed by atoms with Crippen LogP contribution < -0.4 is 9.57 Å². The van der Waals surface area contributed by atoms with Gasteiger partial charge in [0.05, 0.1) is 17.4 Å². The number of halogens is 4. The number of hydrogen-bond donors (Lipinski definition) is 0. The van der Waals surface area contributed by atoms with E-state index in [-0.39, 0.29) is 24.4 Å². The maximum Gasteiger partial charge on any atom is 0.493 e. The number of hydrogen-bond acceptors (Lipinski definition) is 5. The van der Waals surface area contributed by atoms with Gasteiger partial charge in [-0.1, -0.05) is 13.3 Å². The Morgan fingerprint density at radius 2 is 1.93 bits per heavy atom. The van der Waals surface area contributed by atoms with Crippen molar-refractivity contribution >= 4 is 12.1 Å². The van der Waals surface area contributed by atoms with E-state index in [1.165, 1.54) is 17.0 Å². The summed E-state index contributed by atoms with van der Waals surface area (Å²) in [6.07, 6.45) is -3.62. The third-order valence-electron chi connectivity index (χ3n) is 4.37. The highest BCUT2D eigenvalue weighted by Crippen LogP contribution is 2.33. The van der Waals surface area contributed by atoms with Gasteiger partial charge >= 0.3 is 18.2 Å². The number of fused-ring (bicyclic) bond motifs is 1. The molecule has 0 N–H and O–H groups in total. The Labute approximate surface area is 162 Å². The molecule has 0 spiro atoms. The van der Waals surface area contributed by atoms with Gasteiger partial charge in [-0.05, 0) is 30.7 Å². The number of carbonyl (C=O) groups is 2. The molecule has 156 valence electrons. The van der Waals surface area contributed by atoms with Crippen LogP contribution in [0, 0.1) is 5.82 Å². The van der Waals surface area contributed by atoms with E-state index in [0.717, 1.165) is 18.5 Å². The summed E-state index contributed by atoms with van der Waals surface area (Å²) in [6.45, 7) is 1.99. The van der Waals surface area contributed by atoms with Crippen molar-refractivity contribution in [1.82, 2.24) is 14.6 Å². The largest absolute Gasteiger partial charge is 0.493 e. The van der Waals surface area contributed by atoms with Crippen molar-refractivity contribution in [2.24, 2.45) is 0 Å². The molecule has 1 aliphatic rings. The molecule has 1 amide bonds. The van der Waals surface area contributed by atoms with Crippen molar-refractivity contribution in [2.75, 3.05) is 6.54 Å². The summed E-state index contributed by atoms with van der Waals surface area (Å²) in [4.78, 5) is 33.6. The first-order valence-corrected chi connectivity index (χ1v) is 8.80. The van der Waals surface area contributed by atoms with Crippen LogP contribution in [0.1, 0.15) is 37.2 Å². The second kappa shape index (κ2) is 8.10. The Morgan fingerprint density at radius 3 is 2.55 bits per heavy atom. The topological polar surface area (TPSA) is 73.7 Å². The van der Waals surface area contributed by atoms with E-state index in [1.807, 2.05) is 6.92 Å². The van der Waals surface area contributed by atoms with Crippen molar-refractivity contribution < 1.29 is 36.7 Å². The van der Waals surface area contributed by atoms with Crippen molar-refractivity contribution in [3.63, 3.8) is 0 Å². The third kappa shape index (κ3) is 4.49. The zero-order valence-corrected chi connectivity index (χ0v) is 15.3. The highest BCUT2D eigenvalue weighted by Gasteiger charge is 2.43. The lowest BCUT2D eigenvalue weighted by atomic mass is 9.99. The molecule has 29 heavy (non-hydrogen) atoms. The van der Waals surface area contributed by atoms with E-state index in [4.69, 9.17) is 4.74 Å². The summed E-state index contributed by atoms with van der Waals surface area (Å²) < 4.78 is 56.4. The summed E-state index contributed by atoms with van der Waals surface area (Å²) in [5, 5.41) is 0. The predicted octanol–water partition coefficient (Wildman–Crippen LogP) is 3.44. The second-order valence-electron chi connectivity index (χ2n) is 6.35. The van der Waals surface area contributed by atoms with Gasteiger partial charge in [-0.3, -0.25) is 4.90 Å². The van der Waals surface area contributed by atoms with Crippen molar-refractivity contribution in [2.45, 2.75) is 38.4 Å². The van der Waals surface area contributed by atoms with Crippen LogP contribution >= 0.6 is 0 Å². The molecule has 1 unspecified atom stereocenters. The Kier molecular flexibility index (Phi) is 5.76. The zero-order chi connectivity index (χ0) is 21.2.